The molecule has 24 heavy (non-hydrogen) atoms. The standard InChI is InChI=1S/C18H26N4OS/c1-18(2,3)15-12-24-17(20-15)14-7-5-6-8-22(14)16(23)9-13-10-19-21(4)11-13/h10-12,14H,5-9H2,1-4H3/t14-/m0/s1. The van der Waals surface area contributed by atoms with E-state index in [4.69, 9.17) is 4.98 Å². The Balaban J connectivity index is 1.78. The van der Waals surface area contributed by atoms with Gasteiger partial charge in [-0.3, -0.25) is 9.48 Å². The minimum absolute atomic E-state index is 0.0496. The van der Waals surface area contributed by atoms with Crippen molar-refractivity contribution in [2.24, 2.45) is 7.05 Å². The van der Waals surface area contributed by atoms with Gasteiger partial charge < -0.3 is 4.90 Å². The summed E-state index contributed by atoms with van der Waals surface area (Å²) in [6, 6.07) is 0.129. The van der Waals surface area contributed by atoms with Crippen molar-refractivity contribution >= 4 is 17.2 Å². The average Bonchev–Trinajstić information content (AvgIpc) is 3.16. The van der Waals surface area contributed by atoms with Gasteiger partial charge in [-0.1, -0.05) is 20.8 Å². The zero-order valence-electron chi connectivity index (χ0n) is 15.0. The van der Waals surface area contributed by atoms with Crippen molar-refractivity contribution in [1.29, 1.82) is 0 Å². The number of amides is 1. The molecule has 1 amide bonds. The molecule has 0 radical (unpaired) electrons. The summed E-state index contributed by atoms with van der Waals surface area (Å²) in [7, 11) is 1.88. The molecule has 0 N–H and O–H groups in total. The Labute approximate surface area is 147 Å². The number of rotatable bonds is 3. The van der Waals surface area contributed by atoms with E-state index >= 15 is 0 Å². The Morgan fingerprint density at radius 2 is 2.17 bits per heavy atom. The molecule has 1 aliphatic rings. The minimum atomic E-state index is 0.0496. The molecule has 0 aromatic carbocycles. The highest BCUT2D eigenvalue weighted by Gasteiger charge is 2.31. The molecule has 0 spiro atoms. The average molecular weight is 346 g/mol. The van der Waals surface area contributed by atoms with Gasteiger partial charge in [0.1, 0.15) is 5.01 Å². The van der Waals surface area contributed by atoms with Crippen LogP contribution < -0.4 is 0 Å². The lowest BCUT2D eigenvalue weighted by Gasteiger charge is -2.34. The number of thiazole rings is 1. The molecule has 0 bridgehead atoms. The molecule has 1 aliphatic heterocycles. The molecule has 3 rings (SSSR count). The van der Waals surface area contributed by atoms with E-state index < -0.39 is 0 Å². The summed E-state index contributed by atoms with van der Waals surface area (Å²) in [5.41, 5.74) is 2.14. The highest BCUT2D eigenvalue weighted by molar-refractivity contribution is 7.09. The molecular weight excluding hydrogens is 320 g/mol. The first-order valence-corrected chi connectivity index (χ1v) is 9.45. The fourth-order valence-electron chi connectivity index (χ4n) is 3.11. The van der Waals surface area contributed by atoms with Crippen molar-refractivity contribution in [2.75, 3.05) is 6.54 Å². The van der Waals surface area contributed by atoms with Crippen LogP contribution in [0.15, 0.2) is 17.8 Å². The van der Waals surface area contributed by atoms with Crippen LogP contribution in [0.5, 0.6) is 0 Å². The molecule has 3 heterocycles. The van der Waals surface area contributed by atoms with Gasteiger partial charge in [-0.05, 0) is 24.8 Å². The van der Waals surface area contributed by atoms with E-state index in [9.17, 15) is 4.79 Å². The van der Waals surface area contributed by atoms with Crippen molar-refractivity contribution in [3.8, 4) is 0 Å². The Morgan fingerprint density at radius 3 is 2.79 bits per heavy atom. The van der Waals surface area contributed by atoms with Gasteiger partial charge in [0.15, 0.2) is 0 Å². The van der Waals surface area contributed by atoms with Crippen LogP contribution in [0.4, 0.5) is 0 Å². The second-order valence-electron chi connectivity index (χ2n) is 7.62. The van der Waals surface area contributed by atoms with Crippen molar-refractivity contribution in [2.45, 2.75) is 57.9 Å². The first kappa shape index (κ1) is 17.1. The molecule has 0 unspecified atom stereocenters. The topological polar surface area (TPSA) is 51.0 Å². The molecule has 2 aromatic rings. The number of carbonyl (C=O) groups is 1. The van der Waals surface area contributed by atoms with Crippen LogP contribution in [0.3, 0.4) is 0 Å². The minimum Gasteiger partial charge on any atom is -0.333 e. The summed E-state index contributed by atoms with van der Waals surface area (Å²) < 4.78 is 1.74. The summed E-state index contributed by atoms with van der Waals surface area (Å²) >= 11 is 1.69. The third-order valence-electron chi connectivity index (χ3n) is 4.51. The van der Waals surface area contributed by atoms with Gasteiger partial charge >= 0.3 is 0 Å². The predicted molar refractivity (Wildman–Crippen MR) is 96.0 cm³/mol. The quantitative estimate of drug-likeness (QED) is 0.855. The molecule has 0 saturated carbocycles. The largest absolute Gasteiger partial charge is 0.333 e. The SMILES string of the molecule is Cn1cc(CC(=O)N2CCCC[C@H]2c2nc(C(C)(C)C)cs2)cn1. The summed E-state index contributed by atoms with van der Waals surface area (Å²) in [5, 5.41) is 7.39. The normalized spacial score (nSPS) is 18.8. The van der Waals surface area contributed by atoms with E-state index in [1.54, 1.807) is 22.2 Å². The summed E-state index contributed by atoms with van der Waals surface area (Å²) in [6.45, 7) is 7.36. The number of likely N-dealkylation sites (tertiary alicyclic amines) is 1. The van der Waals surface area contributed by atoms with Gasteiger partial charge in [0, 0.05) is 30.6 Å². The number of hydrogen-bond donors (Lipinski definition) is 0. The highest BCUT2D eigenvalue weighted by Crippen LogP contribution is 2.35. The van der Waals surface area contributed by atoms with Crippen LogP contribution in [0.25, 0.3) is 0 Å². The van der Waals surface area contributed by atoms with E-state index in [2.05, 4.69) is 31.2 Å². The third-order valence-corrected chi connectivity index (χ3v) is 5.46. The maximum absolute atomic E-state index is 12.8. The van der Waals surface area contributed by atoms with Gasteiger partial charge in [-0.25, -0.2) is 4.98 Å². The zero-order chi connectivity index (χ0) is 17.3. The zero-order valence-corrected chi connectivity index (χ0v) is 15.8. The summed E-state index contributed by atoms with van der Waals surface area (Å²) in [6.07, 6.45) is 7.35. The van der Waals surface area contributed by atoms with Crippen LogP contribution in [0.1, 0.15) is 62.3 Å². The number of nitrogens with zero attached hydrogens (tertiary/aromatic N) is 4. The van der Waals surface area contributed by atoms with Gasteiger partial charge in [0.05, 0.1) is 24.4 Å². The van der Waals surface area contributed by atoms with E-state index in [-0.39, 0.29) is 17.4 Å². The highest BCUT2D eigenvalue weighted by atomic mass is 32.1. The first-order valence-electron chi connectivity index (χ1n) is 8.57. The third kappa shape index (κ3) is 3.69. The smallest absolute Gasteiger partial charge is 0.227 e. The molecule has 6 heteroatoms. The van der Waals surface area contributed by atoms with Gasteiger partial charge in [-0.2, -0.15) is 5.10 Å². The van der Waals surface area contributed by atoms with Crippen molar-refractivity contribution in [3.63, 3.8) is 0 Å². The lowest BCUT2D eigenvalue weighted by atomic mass is 9.93. The van der Waals surface area contributed by atoms with Crippen LogP contribution in [-0.4, -0.2) is 32.1 Å². The van der Waals surface area contributed by atoms with Gasteiger partial charge in [0.25, 0.3) is 0 Å². The van der Waals surface area contributed by atoms with Gasteiger partial charge in [-0.15, -0.1) is 11.3 Å². The summed E-state index contributed by atoms with van der Waals surface area (Å²) in [4.78, 5) is 19.7. The Kier molecular flexibility index (Phi) is 4.76. The number of aryl methyl sites for hydroxylation is 1. The first-order chi connectivity index (χ1) is 11.3. The van der Waals surface area contributed by atoms with Crippen molar-refractivity contribution in [3.05, 3.63) is 34.0 Å². The number of carbonyl (C=O) groups excluding carboxylic acids is 1. The van der Waals surface area contributed by atoms with E-state index in [1.165, 1.54) is 0 Å². The second-order valence-corrected chi connectivity index (χ2v) is 8.51. The lowest BCUT2D eigenvalue weighted by molar-refractivity contribution is -0.134. The fourth-order valence-corrected chi connectivity index (χ4v) is 4.30. The maximum atomic E-state index is 12.8. The monoisotopic (exact) mass is 346 g/mol. The van der Waals surface area contributed by atoms with E-state index in [0.717, 1.165) is 42.1 Å². The Hall–Kier alpha value is -1.69. The molecule has 5 nitrogen and oxygen atoms in total. The molecule has 2 aromatic heterocycles. The van der Waals surface area contributed by atoms with Crippen molar-refractivity contribution in [1.82, 2.24) is 19.7 Å². The van der Waals surface area contributed by atoms with Crippen LogP contribution >= 0.6 is 11.3 Å². The Bertz CT molecular complexity index is 713. The molecule has 130 valence electrons. The van der Waals surface area contributed by atoms with Crippen LogP contribution in [0.2, 0.25) is 0 Å². The van der Waals surface area contributed by atoms with E-state index in [1.807, 2.05) is 18.1 Å². The number of hydrogen-bond acceptors (Lipinski definition) is 4. The maximum Gasteiger partial charge on any atom is 0.227 e. The molecule has 1 fully saturated rings. The van der Waals surface area contributed by atoms with Crippen LogP contribution in [0, 0.1) is 0 Å². The lowest BCUT2D eigenvalue weighted by Crippen LogP contribution is -2.39. The second kappa shape index (κ2) is 6.67. The number of aromatic nitrogens is 3. The van der Waals surface area contributed by atoms with Gasteiger partial charge in [0.2, 0.25) is 5.91 Å². The van der Waals surface area contributed by atoms with Crippen LogP contribution in [-0.2, 0) is 23.7 Å². The van der Waals surface area contributed by atoms with E-state index in [0.29, 0.717) is 6.42 Å². The molecule has 0 aliphatic carbocycles. The molecular formula is C18H26N4OS. The fraction of sp³-hybridized carbons (Fsp3) is 0.611. The van der Waals surface area contributed by atoms with Crippen molar-refractivity contribution < 1.29 is 4.79 Å². The molecule has 1 atom stereocenters. The Morgan fingerprint density at radius 1 is 1.38 bits per heavy atom. The predicted octanol–water partition coefficient (Wildman–Crippen LogP) is 3.47. The molecule has 1 saturated heterocycles. The number of piperidine rings is 1. The summed E-state index contributed by atoms with van der Waals surface area (Å²) in [5.74, 6) is 0.181.